The third-order valence-electron chi connectivity index (χ3n) is 5.34. The molecule has 0 aromatic heterocycles. The van der Waals surface area contributed by atoms with E-state index in [4.69, 9.17) is 4.74 Å². The van der Waals surface area contributed by atoms with Crippen molar-refractivity contribution in [2.75, 3.05) is 54.4 Å². The Morgan fingerprint density at radius 2 is 1.93 bits per heavy atom. The molecule has 3 rings (SSSR count). The number of likely N-dealkylation sites (tertiary alicyclic amines) is 1. The second-order valence-electron chi connectivity index (χ2n) is 7.85. The Labute approximate surface area is 168 Å². The molecule has 150 valence electrons. The molecule has 1 aliphatic heterocycles. The van der Waals surface area contributed by atoms with E-state index in [-0.39, 0.29) is 11.9 Å². The fourth-order valence-electron chi connectivity index (χ4n) is 3.59. The van der Waals surface area contributed by atoms with Gasteiger partial charge < -0.3 is 19.4 Å². The molecule has 5 heteroatoms. The van der Waals surface area contributed by atoms with Gasteiger partial charge in [-0.3, -0.25) is 4.79 Å². The predicted octanol–water partition coefficient (Wildman–Crippen LogP) is 3.07. The van der Waals surface area contributed by atoms with Crippen LogP contribution in [-0.2, 0) is 0 Å². The zero-order chi connectivity index (χ0) is 20.1. The lowest BCUT2D eigenvalue weighted by molar-refractivity contribution is 0.0737. The van der Waals surface area contributed by atoms with E-state index < -0.39 is 0 Å². The zero-order valence-corrected chi connectivity index (χ0v) is 17.4. The molecule has 5 nitrogen and oxygen atoms in total. The first-order valence-corrected chi connectivity index (χ1v) is 9.88. The summed E-state index contributed by atoms with van der Waals surface area (Å²) in [6.07, 6.45) is 1.03. The molecule has 0 bridgehead atoms. The van der Waals surface area contributed by atoms with Gasteiger partial charge in [0.1, 0.15) is 12.4 Å². The van der Waals surface area contributed by atoms with Gasteiger partial charge in [0, 0.05) is 37.3 Å². The van der Waals surface area contributed by atoms with Gasteiger partial charge in [-0.05, 0) is 57.9 Å². The molecule has 28 heavy (non-hydrogen) atoms. The molecule has 0 radical (unpaired) electrons. The molecule has 0 spiro atoms. The van der Waals surface area contributed by atoms with Gasteiger partial charge >= 0.3 is 0 Å². The number of hydrogen-bond acceptors (Lipinski definition) is 4. The maximum Gasteiger partial charge on any atom is 0.253 e. The number of hydrogen-bond donors (Lipinski definition) is 0. The summed E-state index contributed by atoms with van der Waals surface area (Å²) >= 11 is 0. The van der Waals surface area contributed by atoms with Crippen LogP contribution in [0.4, 0.5) is 0 Å². The van der Waals surface area contributed by atoms with Crippen molar-refractivity contribution in [1.82, 2.24) is 14.7 Å². The summed E-state index contributed by atoms with van der Waals surface area (Å²) in [7, 11) is 8.08. The van der Waals surface area contributed by atoms with Gasteiger partial charge in [-0.2, -0.15) is 0 Å². The monoisotopic (exact) mass is 381 g/mol. The van der Waals surface area contributed by atoms with Gasteiger partial charge in [0.05, 0.1) is 0 Å². The Kier molecular flexibility index (Phi) is 6.70. The van der Waals surface area contributed by atoms with E-state index >= 15 is 0 Å². The van der Waals surface area contributed by atoms with Gasteiger partial charge in [-0.25, -0.2) is 0 Å². The summed E-state index contributed by atoms with van der Waals surface area (Å²) < 4.78 is 6.00. The first-order valence-electron chi connectivity index (χ1n) is 9.88. The highest BCUT2D eigenvalue weighted by molar-refractivity contribution is 5.95. The fourth-order valence-corrected chi connectivity index (χ4v) is 3.59. The average Bonchev–Trinajstić information content (AvgIpc) is 3.13. The number of amides is 1. The van der Waals surface area contributed by atoms with Crippen LogP contribution >= 0.6 is 0 Å². The van der Waals surface area contributed by atoms with E-state index in [2.05, 4.69) is 16.8 Å². The molecule has 2 aromatic carbocycles. The predicted molar refractivity (Wildman–Crippen MR) is 114 cm³/mol. The molecule has 1 saturated heterocycles. The van der Waals surface area contributed by atoms with E-state index in [0.717, 1.165) is 48.5 Å². The molecule has 2 aromatic rings. The normalized spacial score (nSPS) is 17.1. The second kappa shape index (κ2) is 9.22. The second-order valence-corrected chi connectivity index (χ2v) is 7.85. The summed E-state index contributed by atoms with van der Waals surface area (Å²) in [5, 5.41) is 0. The highest BCUT2D eigenvalue weighted by atomic mass is 16.5. The van der Waals surface area contributed by atoms with E-state index in [1.807, 2.05) is 74.6 Å². The van der Waals surface area contributed by atoms with Crippen LogP contribution in [0.5, 0.6) is 5.75 Å². The minimum Gasteiger partial charge on any atom is -0.492 e. The SMILES string of the molecule is CN(C)CCOc1ccccc1-c1cccc(C(=O)N(C)[C@H]2CCN(C)C2)c1. The van der Waals surface area contributed by atoms with Crippen LogP contribution in [0.25, 0.3) is 11.1 Å². The molecular formula is C23H31N3O2. The number of carbonyl (C=O) groups excluding carboxylic acids is 1. The van der Waals surface area contributed by atoms with Crippen LogP contribution in [0.3, 0.4) is 0 Å². The van der Waals surface area contributed by atoms with Crippen molar-refractivity contribution in [3.05, 3.63) is 54.1 Å². The molecule has 0 unspecified atom stereocenters. The van der Waals surface area contributed by atoms with Gasteiger partial charge in [0.15, 0.2) is 0 Å². The number of nitrogens with zero attached hydrogens (tertiary/aromatic N) is 3. The standard InChI is InChI=1S/C23H31N3O2/c1-24(2)14-15-28-22-11-6-5-10-21(22)18-8-7-9-19(16-18)23(27)26(4)20-12-13-25(3)17-20/h5-11,16,20H,12-15,17H2,1-4H3/t20-/m0/s1. The number of para-hydroxylation sites is 1. The number of ether oxygens (including phenoxy) is 1. The van der Waals surface area contributed by atoms with Crippen LogP contribution in [0.15, 0.2) is 48.5 Å². The van der Waals surface area contributed by atoms with Crippen molar-refractivity contribution in [2.24, 2.45) is 0 Å². The third-order valence-corrected chi connectivity index (χ3v) is 5.34. The highest BCUT2D eigenvalue weighted by Crippen LogP contribution is 2.30. The highest BCUT2D eigenvalue weighted by Gasteiger charge is 2.27. The van der Waals surface area contributed by atoms with Crippen LogP contribution in [0.1, 0.15) is 16.8 Å². The van der Waals surface area contributed by atoms with Crippen molar-refractivity contribution in [1.29, 1.82) is 0 Å². The van der Waals surface area contributed by atoms with Crippen LogP contribution in [0.2, 0.25) is 0 Å². The Bertz CT molecular complexity index is 806. The molecule has 0 N–H and O–H groups in total. The van der Waals surface area contributed by atoms with E-state index in [0.29, 0.717) is 6.61 Å². The first kappa shape index (κ1) is 20.4. The number of rotatable bonds is 7. The lowest BCUT2D eigenvalue weighted by atomic mass is 10.0. The fraction of sp³-hybridized carbons (Fsp3) is 0.435. The minimum absolute atomic E-state index is 0.0770. The summed E-state index contributed by atoms with van der Waals surface area (Å²) in [6.45, 7) is 3.46. The topological polar surface area (TPSA) is 36.0 Å². The van der Waals surface area contributed by atoms with Crippen molar-refractivity contribution < 1.29 is 9.53 Å². The molecule has 1 fully saturated rings. The summed E-state index contributed by atoms with van der Waals surface area (Å²) in [4.78, 5) is 19.3. The smallest absolute Gasteiger partial charge is 0.253 e. The van der Waals surface area contributed by atoms with Crippen LogP contribution < -0.4 is 4.74 Å². The Balaban J connectivity index is 1.79. The summed E-state index contributed by atoms with van der Waals surface area (Å²) in [5.41, 5.74) is 2.74. The summed E-state index contributed by atoms with van der Waals surface area (Å²) in [6, 6.07) is 16.2. The molecule has 1 aliphatic rings. The van der Waals surface area contributed by atoms with Crippen molar-refractivity contribution in [3.8, 4) is 16.9 Å². The summed E-state index contributed by atoms with van der Waals surface area (Å²) in [5.74, 6) is 0.924. The van der Waals surface area contributed by atoms with E-state index in [1.54, 1.807) is 0 Å². The number of benzene rings is 2. The first-order chi connectivity index (χ1) is 13.5. The Morgan fingerprint density at radius 1 is 1.14 bits per heavy atom. The van der Waals surface area contributed by atoms with Gasteiger partial charge in [0.25, 0.3) is 5.91 Å². The molecule has 1 amide bonds. The Hall–Kier alpha value is -2.37. The average molecular weight is 382 g/mol. The van der Waals surface area contributed by atoms with Crippen molar-refractivity contribution >= 4 is 5.91 Å². The van der Waals surface area contributed by atoms with Gasteiger partial charge in [0.2, 0.25) is 0 Å². The number of carbonyl (C=O) groups is 1. The van der Waals surface area contributed by atoms with Crippen molar-refractivity contribution in [2.45, 2.75) is 12.5 Å². The molecule has 0 aliphatic carbocycles. The van der Waals surface area contributed by atoms with Gasteiger partial charge in [-0.15, -0.1) is 0 Å². The largest absolute Gasteiger partial charge is 0.492 e. The Morgan fingerprint density at radius 3 is 2.64 bits per heavy atom. The molecule has 1 atom stereocenters. The maximum atomic E-state index is 13.0. The van der Waals surface area contributed by atoms with Crippen LogP contribution in [-0.4, -0.2) is 81.1 Å². The minimum atomic E-state index is 0.0770. The van der Waals surface area contributed by atoms with E-state index in [1.165, 1.54) is 0 Å². The van der Waals surface area contributed by atoms with Crippen LogP contribution in [0, 0.1) is 0 Å². The lowest BCUT2D eigenvalue weighted by Gasteiger charge is -2.24. The lowest BCUT2D eigenvalue weighted by Crippen LogP contribution is -2.38. The molecular weight excluding hydrogens is 350 g/mol. The molecule has 1 heterocycles. The zero-order valence-electron chi connectivity index (χ0n) is 17.4. The van der Waals surface area contributed by atoms with Crippen molar-refractivity contribution in [3.63, 3.8) is 0 Å². The third kappa shape index (κ3) is 4.91. The quantitative estimate of drug-likeness (QED) is 0.739. The maximum absolute atomic E-state index is 13.0. The van der Waals surface area contributed by atoms with E-state index in [9.17, 15) is 4.79 Å². The van der Waals surface area contributed by atoms with Gasteiger partial charge in [-0.1, -0.05) is 30.3 Å². The molecule has 0 saturated carbocycles. The number of likely N-dealkylation sites (N-methyl/N-ethyl adjacent to an activating group) is 3.